The second-order valence-electron chi connectivity index (χ2n) is 4.37. The Morgan fingerprint density at radius 2 is 2.21 bits per heavy atom. The fraction of sp³-hybridized carbons (Fsp3) is 0.583. The fourth-order valence-corrected chi connectivity index (χ4v) is 1.71. The van der Waals surface area contributed by atoms with Crippen molar-refractivity contribution in [3.05, 3.63) is 29.6 Å². The third kappa shape index (κ3) is 2.13. The maximum atomic E-state index is 4.37. The van der Waals surface area contributed by atoms with E-state index in [4.69, 9.17) is 0 Å². The van der Waals surface area contributed by atoms with E-state index in [0.717, 1.165) is 6.54 Å². The minimum Gasteiger partial charge on any atom is -0.299 e. The van der Waals surface area contributed by atoms with Crippen molar-refractivity contribution < 1.29 is 0 Å². The smallest absolute Gasteiger partial charge is 0.0432 e. The summed E-state index contributed by atoms with van der Waals surface area (Å²) in [6.07, 6.45) is 3.30. The minimum atomic E-state index is 0.534. The third-order valence-electron chi connectivity index (χ3n) is 2.79. The van der Waals surface area contributed by atoms with Crippen LogP contribution in [0.1, 0.15) is 37.4 Å². The molecule has 14 heavy (non-hydrogen) atoms. The number of rotatable bonds is 3. The second-order valence-corrected chi connectivity index (χ2v) is 4.37. The Morgan fingerprint density at radius 1 is 1.43 bits per heavy atom. The van der Waals surface area contributed by atoms with E-state index < -0.39 is 0 Å². The van der Waals surface area contributed by atoms with Crippen LogP contribution in [0, 0.1) is 0 Å². The van der Waals surface area contributed by atoms with Gasteiger partial charge in [-0.15, -0.1) is 0 Å². The Labute approximate surface area is 86.0 Å². The quantitative estimate of drug-likeness (QED) is 0.727. The van der Waals surface area contributed by atoms with Gasteiger partial charge in [-0.2, -0.15) is 0 Å². The Kier molecular flexibility index (Phi) is 2.82. The summed E-state index contributed by atoms with van der Waals surface area (Å²) in [4.78, 5) is 6.84. The van der Waals surface area contributed by atoms with Crippen LogP contribution in [0.4, 0.5) is 0 Å². The molecule has 0 saturated carbocycles. The van der Waals surface area contributed by atoms with Gasteiger partial charge in [-0.25, -0.2) is 0 Å². The molecule has 2 heterocycles. The van der Waals surface area contributed by atoms with Gasteiger partial charge >= 0.3 is 0 Å². The average molecular weight is 190 g/mol. The zero-order valence-corrected chi connectivity index (χ0v) is 9.03. The lowest BCUT2D eigenvalue weighted by molar-refractivity contribution is 0.172. The largest absolute Gasteiger partial charge is 0.299 e. The van der Waals surface area contributed by atoms with Crippen molar-refractivity contribution in [3.8, 4) is 0 Å². The molecular weight excluding hydrogens is 172 g/mol. The molecule has 0 spiro atoms. The van der Waals surface area contributed by atoms with E-state index in [9.17, 15) is 0 Å². The number of hydrogen-bond acceptors (Lipinski definition) is 2. The van der Waals surface area contributed by atoms with E-state index in [0.29, 0.717) is 5.92 Å². The zero-order chi connectivity index (χ0) is 9.97. The lowest BCUT2D eigenvalue weighted by Crippen LogP contribution is -2.36. The van der Waals surface area contributed by atoms with Gasteiger partial charge in [0.15, 0.2) is 0 Å². The summed E-state index contributed by atoms with van der Waals surface area (Å²) in [7, 11) is 0. The lowest BCUT2D eigenvalue weighted by Gasteiger charge is -2.30. The van der Waals surface area contributed by atoms with Gasteiger partial charge in [-0.05, 0) is 43.1 Å². The fourth-order valence-electron chi connectivity index (χ4n) is 1.71. The Hall–Kier alpha value is -0.890. The standard InChI is InChI=1S/C12H18N2/c1-10(2)12-8-11(4-5-13-12)9-14-6-3-7-14/h4-5,8,10H,3,6-7,9H2,1-2H3. The second kappa shape index (κ2) is 4.09. The van der Waals surface area contributed by atoms with Crippen LogP contribution in [0.5, 0.6) is 0 Å². The average Bonchev–Trinajstić information content (AvgIpc) is 2.12. The van der Waals surface area contributed by atoms with Gasteiger partial charge in [0.1, 0.15) is 0 Å². The molecule has 76 valence electrons. The first-order valence-electron chi connectivity index (χ1n) is 5.43. The first-order valence-corrected chi connectivity index (χ1v) is 5.43. The molecule has 1 aliphatic rings. The summed E-state index contributed by atoms with van der Waals surface area (Å²) in [5, 5.41) is 0. The van der Waals surface area contributed by atoms with Gasteiger partial charge in [-0.1, -0.05) is 13.8 Å². The number of pyridine rings is 1. The van der Waals surface area contributed by atoms with Crippen LogP contribution in [0.25, 0.3) is 0 Å². The molecule has 1 aliphatic heterocycles. The van der Waals surface area contributed by atoms with E-state index in [1.807, 2.05) is 6.20 Å². The molecule has 1 fully saturated rings. The molecule has 0 N–H and O–H groups in total. The van der Waals surface area contributed by atoms with Crippen LogP contribution < -0.4 is 0 Å². The molecule has 2 heteroatoms. The van der Waals surface area contributed by atoms with Gasteiger partial charge in [0.2, 0.25) is 0 Å². The molecule has 2 rings (SSSR count). The highest BCUT2D eigenvalue weighted by Crippen LogP contribution is 2.16. The maximum absolute atomic E-state index is 4.37. The molecule has 0 radical (unpaired) electrons. The third-order valence-corrected chi connectivity index (χ3v) is 2.79. The van der Waals surface area contributed by atoms with Gasteiger partial charge in [0, 0.05) is 18.4 Å². The summed E-state index contributed by atoms with van der Waals surface area (Å²) in [6.45, 7) is 8.01. The molecule has 1 saturated heterocycles. The summed E-state index contributed by atoms with van der Waals surface area (Å²) >= 11 is 0. The van der Waals surface area contributed by atoms with Crippen LogP contribution >= 0.6 is 0 Å². The summed E-state index contributed by atoms with van der Waals surface area (Å²) in [5.74, 6) is 0.534. The molecule has 1 aromatic rings. The highest BCUT2D eigenvalue weighted by Gasteiger charge is 2.13. The highest BCUT2D eigenvalue weighted by atomic mass is 15.2. The monoisotopic (exact) mass is 190 g/mol. The van der Waals surface area contributed by atoms with Crippen molar-refractivity contribution >= 4 is 0 Å². The number of nitrogens with zero attached hydrogens (tertiary/aromatic N) is 2. The van der Waals surface area contributed by atoms with Crippen LogP contribution in [-0.4, -0.2) is 23.0 Å². The van der Waals surface area contributed by atoms with Gasteiger partial charge in [-0.3, -0.25) is 9.88 Å². The maximum Gasteiger partial charge on any atom is 0.0432 e. The van der Waals surface area contributed by atoms with E-state index in [2.05, 4.69) is 35.9 Å². The van der Waals surface area contributed by atoms with E-state index in [1.54, 1.807) is 0 Å². The van der Waals surface area contributed by atoms with Crippen molar-refractivity contribution in [2.24, 2.45) is 0 Å². The highest BCUT2D eigenvalue weighted by molar-refractivity contribution is 5.18. The molecular formula is C12H18N2. The van der Waals surface area contributed by atoms with E-state index >= 15 is 0 Å². The molecule has 1 aromatic heterocycles. The van der Waals surface area contributed by atoms with Crippen LogP contribution in [0.3, 0.4) is 0 Å². The number of aromatic nitrogens is 1. The van der Waals surface area contributed by atoms with Crippen LogP contribution in [0.15, 0.2) is 18.3 Å². The summed E-state index contributed by atoms with van der Waals surface area (Å²) < 4.78 is 0. The van der Waals surface area contributed by atoms with Crippen LogP contribution in [0.2, 0.25) is 0 Å². The molecule has 0 unspecified atom stereocenters. The number of hydrogen-bond donors (Lipinski definition) is 0. The summed E-state index contributed by atoms with van der Waals surface area (Å²) in [5.41, 5.74) is 2.62. The topological polar surface area (TPSA) is 16.1 Å². The Bertz CT molecular complexity index is 303. The molecule has 0 aliphatic carbocycles. The van der Waals surface area contributed by atoms with Crippen molar-refractivity contribution in [1.29, 1.82) is 0 Å². The SMILES string of the molecule is CC(C)c1cc(CN2CCC2)ccn1. The first kappa shape index (κ1) is 9.66. The van der Waals surface area contributed by atoms with Crippen LogP contribution in [-0.2, 0) is 6.54 Å². The van der Waals surface area contributed by atoms with Gasteiger partial charge < -0.3 is 0 Å². The van der Waals surface area contributed by atoms with Crippen molar-refractivity contribution in [2.45, 2.75) is 32.7 Å². The lowest BCUT2D eigenvalue weighted by atomic mass is 10.1. The first-order chi connectivity index (χ1) is 6.75. The van der Waals surface area contributed by atoms with Crippen molar-refractivity contribution in [2.75, 3.05) is 13.1 Å². The molecule has 0 atom stereocenters. The predicted molar refractivity (Wildman–Crippen MR) is 58.2 cm³/mol. The van der Waals surface area contributed by atoms with E-state index in [-0.39, 0.29) is 0 Å². The molecule has 0 amide bonds. The van der Waals surface area contributed by atoms with Gasteiger partial charge in [0.25, 0.3) is 0 Å². The molecule has 2 nitrogen and oxygen atoms in total. The normalized spacial score (nSPS) is 17.1. The number of likely N-dealkylation sites (tertiary alicyclic amines) is 1. The van der Waals surface area contributed by atoms with Gasteiger partial charge in [0.05, 0.1) is 0 Å². The molecule has 0 aromatic carbocycles. The zero-order valence-electron chi connectivity index (χ0n) is 9.03. The summed E-state index contributed by atoms with van der Waals surface area (Å²) in [6, 6.07) is 4.37. The van der Waals surface area contributed by atoms with E-state index in [1.165, 1.54) is 30.8 Å². The Morgan fingerprint density at radius 3 is 2.79 bits per heavy atom. The minimum absolute atomic E-state index is 0.534. The molecule has 0 bridgehead atoms. The van der Waals surface area contributed by atoms with Crippen molar-refractivity contribution in [1.82, 2.24) is 9.88 Å². The Balaban J connectivity index is 2.05. The van der Waals surface area contributed by atoms with Crippen molar-refractivity contribution in [3.63, 3.8) is 0 Å². The predicted octanol–water partition coefficient (Wildman–Crippen LogP) is 2.41.